The molecule has 0 heterocycles. The summed E-state index contributed by atoms with van der Waals surface area (Å²) in [7, 11) is 3.49. The zero-order valence-corrected chi connectivity index (χ0v) is 24.7. The standard InChI is InChI=1S/C24H39N3O7.C2H5NO.C2H6/c1-19(5-4-9-28)27(2)16-22-20(17-29)6-3-7-23(22)26-24(31)8-10-32-11-12-33-13-14-34-18-21(30)15-25;1-3-2-4;1-2/h3,6-7,9,17,19,21,30H,4-5,8,10-16,18,25H2,1-2H3,(H,26,31);2H,1H3,(H,3,4);1-2H3. The molecule has 12 heteroatoms. The lowest BCUT2D eigenvalue weighted by Gasteiger charge is -2.26. The smallest absolute Gasteiger partial charge is 0.226 e. The second-order valence-electron chi connectivity index (χ2n) is 8.39. The van der Waals surface area contributed by atoms with Gasteiger partial charge in [-0.25, -0.2) is 0 Å². The van der Waals surface area contributed by atoms with Crippen LogP contribution in [0.5, 0.6) is 0 Å². The Morgan fingerprint density at radius 1 is 1.07 bits per heavy atom. The molecule has 0 aliphatic heterocycles. The van der Waals surface area contributed by atoms with Gasteiger partial charge in [-0.15, -0.1) is 0 Å². The van der Waals surface area contributed by atoms with Crippen molar-refractivity contribution < 1.29 is 38.5 Å². The zero-order valence-electron chi connectivity index (χ0n) is 24.7. The highest BCUT2D eigenvalue weighted by Gasteiger charge is 2.16. The quantitative estimate of drug-likeness (QED) is 0.125. The maximum atomic E-state index is 12.4. The first kappa shape index (κ1) is 39.4. The number of ether oxygens (including phenoxy) is 3. The number of nitrogens with zero attached hydrogens (tertiary/aromatic N) is 1. The van der Waals surface area contributed by atoms with Gasteiger partial charge in [0.25, 0.3) is 0 Å². The Balaban J connectivity index is 0. The fourth-order valence-electron chi connectivity index (χ4n) is 3.05. The van der Waals surface area contributed by atoms with Crippen molar-refractivity contribution in [2.24, 2.45) is 5.73 Å². The normalized spacial score (nSPS) is 11.7. The molecule has 1 aromatic carbocycles. The van der Waals surface area contributed by atoms with E-state index in [1.807, 2.05) is 27.8 Å². The van der Waals surface area contributed by atoms with Crippen LogP contribution in [0.2, 0.25) is 0 Å². The molecular formula is C28H50N4O8. The first-order valence-electron chi connectivity index (χ1n) is 13.6. The number of aliphatic hydroxyl groups is 1. The Hall–Kier alpha value is -2.74. The maximum absolute atomic E-state index is 12.4. The molecule has 0 saturated carbocycles. The highest BCUT2D eigenvalue weighted by atomic mass is 16.5. The SMILES string of the molecule is CC.CC(CCC=O)N(C)Cc1c(C=O)cccc1NC(=O)CCOCCOCCOCC(O)CN.CNC=O. The van der Waals surface area contributed by atoms with E-state index in [1.165, 1.54) is 0 Å². The molecule has 0 bridgehead atoms. The first-order valence-corrected chi connectivity index (χ1v) is 13.6. The zero-order chi connectivity index (χ0) is 30.6. The molecule has 0 aliphatic rings. The lowest BCUT2D eigenvalue weighted by molar-refractivity contribution is -0.117. The van der Waals surface area contributed by atoms with E-state index in [2.05, 4.69) is 15.5 Å². The van der Waals surface area contributed by atoms with Crippen molar-refractivity contribution in [1.82, 2.24) is 10.2 Å². The molecule has 12 nitrogen and oxygen atoms in total. The Bertz CT molecular complexity index is 798. The fraction of sp³-hybridized carbons (Fsp3) is 0.643. The minimum absolute atomic E-state index is 0.146. The van der Waals surface area contributed by atoms with Crippen LogP contribution in [0.15, 0.2) is 18.2 Å². The molecule has 40 heavy (non-hydrogen) atoms. The van der Waals surface area contributed by atoms with Crippen LogP contribution in [-0.4, -0.2) is 107 Å². The summed E-state index contributed by atoms with van der Waals surface area (Å²) in [6.07, 6.45) is 3.00. The second kappa shape index (κ2) is 27.8. The number of carbonyl (C=O) groups is 4. The van der Waals surface area contributed by atoms with E-state index >= 15 is 0 Å². The van der Waals surface area contributed by atoms with Crippen LogP contribution < -0.4 is 16.4 Å². The number of nitrogens with two attached hydrogens (primary N) is 1. The summed E-state index contributed by atoms with van der Waals surface area (Å²) in [5.41, 5.74) is 7.12. The molecule has 1 rings (SSSR count). The van der Waals surface area contributed by atoms with Gasteiger partial charge in [0.1, 0.15) is 12.6 Å². The third kappa shape index (κ3) is 20.2. The molecule has 5 N–H and O–H groups in total. The Kier molecular flexibility index (Phi) is 27.4. The average molecular weight is 571 g/mol. The van der Waals surface area contributed by atoms with Gasteiger partial charge < -0.3 is 40.5 Å². The summed E-state index contributed by atoms with van der Waals surface area (Å²) >= 11 is 0. The van der Waals surface area contributed by atoms with E-state index in [4.69, 9.17) is 24.7 Å². The van der Waals surface area contributed by atoms with Gasteiger partial charge in [-0.2, -0.15) is 0 Å². The summed E-state index contributed by atoms with van der Waals surface area (Å²) < 4.78 is 16.0. The largest absolute Gasteiger partial charge is 0.389 e. The molecule has 0 aromatic heterocycles. The Labute approximate surface area is 238 Å². The highest BCUT2D eigenvalue weighted by Crippen LogP contribution is 2.22. The summed E-state index contributed by atoms with van der Waals surface area (Å²) in [6.45, 7) is 8.49. The fourth-order valence-corrected chi connectivity index (χ4v) is 3.05. The molecule has 0 fully saturated rings. The third-order valence-corrected chi connectivity index (χ3v) is 5.39. The van der Waals surface area contributed by atoms with Crippen LogP contribution in [0.25, 0.3) is 0 Å². The maximum Gasteiger partial charge on any atom is 0.226 e. The van der Waals surface area contributed by atoms with Crippen LogP contribution in [0.3, 0.4) is 0 Å². The van der Waals surface area contributed by atoms with E-state index < -0.39 is 6.10 Å². The van der Waals surface area contributed by atoms with Gasteiger partial charge in [-0.3, -0.25) is 19.3 Å². The number of amides is 2. The topological polar surface area (TPSA) is 170 Å². The second-order valence-corrected chi connectivity index (χ2v) is 8.39. The van der Waals surface area contributed by atoms with Crippen LogP contribution in [0.4, 0.5) is 5.69 Å². The predicted molar refractivity (Wildman–Crippen MR) is 155 cm³/mol. The monoisotopic (exact) mass is 570 g/mol. The number of hydrogen-bond acceptors (Lipinski definition) is 10. The molecule has 0 spiro atoms. The van der Waals surface area contributed by atoms with Gasteiger partial charge in [0.05, 0.1) is 52.2 Å². The molecular weight excluding hydrogens is 520 g/mol. The Morgan fingerprint density at radius 2 is 1.68 bits per heavy atom. The molecule has 2 amide bonds. The average Bonchev–Trinajstić information content (AvgIpc) is 2.98. The molecule has 0 aliphatic carbocycles. The van der Waals surface area contributed by atoms with Crippen molar-refractivity contribution >= 4 is 30.6 Å². The van der Waals surface area contributed by atoms with E-state index in [0.717, 1.165) is 24.6 Å². The van der Waals surface area contributed by atoms with Crippen LogP contribution in [-0.2, 0) is 35.1 Å². The highest BCUT2D eigenvalue weighted by molar-refractivity contribution is 5.93. The van der Waals surface area contributed by atoms with Crippen molar-refractivity contribution in [3.05, 3.63) is 29.3 Å². The number of benzene rings is 1. The number of rotatable bonds is 21. The van der Waals surface area contributed by atoms with Gasteiger partial charge in [0.2, 0.25) is 12.3 Å². The number of hydrogen-bond donors (Lipinski definition) is 4. The van der Waals surface area contributed by atoms with Crippen molar-refractivity contribution in [2.45, 2.75) is 58.7 Å². The van der Waals surface area contributed by atoms with Crippen molar-refractivity contribution in [3.63, 3.8) is 0 Å². The van der Waals surface area contributed by atoms with Crippen molar-refractivity contribution in [2.75, 3.05) is 65.6 Å². The van der Waals surface area contributed by atoms with Gasteiger partial charge in [-0.05, 0) is 26.5 Å². The summed E-state index contributed by atoms with van der Waals surface area (Å²) in [4.78, 5) is 45.7. The summed E-state index contributed by atoms with van der Waals surface area (Å²) in [5, 5.41) is 14.4. The van der Waals surface area contributed by atoms with Gasteiger partial charge >= 0.3 is 0 Å². The number of nitrogens with one attached hydrogen (secondary N) is 2. The van der Waals surface area contributed by atoms with Crippen LogP contribution in [0, 0.1) is 0 Å². The summed E-state index contributed by atoms with van der Waals surface area (Å²) in [5.74, 6) is -0.214. The van der Waals surface area contributed by atoms with Crippen molar-refractivity contribution in [1.29, 1.82) is 0 Å². The molecule has 0 saturated heterocycles. The Morgan fingerprint density at radius 3 is 2.23 bits per heavy atom. The van der Waals surface area contributed by atoms with Gasteiger partial charge in [0, 0.05) is 49.4 Å². The minimum Gasteiger partial charge on any atom is -0.389 e. The van der Waals surface area contributed by atoms with Crippen LogP contribution >= 0.6 is 0 Å². The molecule has 0 radical (unpaired) electrons. The van der Waals surface area contributed by atoms with Crippen molar-refractivity contribution in [3.8, 4) is 0 Å². The molecule has 2 atom stereocenters. The number of aliphatic hydroxyl groups excluding tert-OH is 1. The van der Waals surface area contributed by atoms with E-state index in [9.17, 15) is 19.5 Å². The molecule has 1 aromatic rings. The van der Waals surface area contributed by atoms with Crippen LogP contribution in [0.1, 0.15) is 56.0 Å². The van der Waals surface area contributed by atoms with E-state index in [0.29, 0.717) is 57.1 Å². The number of carbonyl (C=O) groups excluding carboxylic acids is 4. The van der Waals surface area contributed by atoms with Gasteiger partial charge in [-0.1, -0.05) is 26.0 Å². The van der Waals surface area contributed by atoms with E-state index in [1.54, 1.807) is 25.2 Å². The summed E-state index contributed by atoms with van der Waals surface area (Å²) in [6, 6.07) is 5.37. The lowest BCUT2D eigenvalue weighted by atomic mass is 10.0. The minimum atomic E-state index is -0.663. The lowest BCUT2D eigenvalue weighted by Crippen LogP contribution is -2.29. The van der Waals surface area contributed by atoms with E-state index in [-0.39, 0.29) is 38.1 Å². The molecule has 230 valence electrons. The molecule has 2 unspecified atom stereocenters. The first-order chi connectivity index (χ1) is 19.3. The third-order valence-electron chi connectivity index (χ3n) is 5.39. The number of anilines is 1. The predicted octanol–water partition coefficient (Wildman–Crippen LogP) is 1.38. The van der Waals surface area contributed by atoms with Gasteiger partial charge in [0.15, 0.2) is 0 Å². The number of aldehydes is 2.